The Hall–Kier alpha value is -2.11. The van der Waals surface area contributed by atoms with Gasteiger partial charge in [0.05, 0.1) is 17.1 Å². The van der Waals surface area contributed by atoms with Crippen LogP contribution in [0, 0.1) is 23.0 Å². The topological polar surface area (TPSA) is 78.7 Å². The summed E-state index contributed by atoms with van der Waals surface area (Å²) in [6.07, 6.45) is 1.16. The van der Waals surface area contributed by atoms with Crippen molar-refractivity contribution in [2.75, 3.05) is 6.61 Å². The third-order valence-electron chi connectivity index (χ3n) is 3.28. The van der Waals surface area contributed by atoms with E-state index in [1.54, 1.807) is 26.0 Å². The highest BCUT2D eigenvalue weighted by atomic mass is 16.6. The van der Waals surface area contributed by atoms with Crippen LogP contribution in [0.5, 0.6) is 5.75 Å². The summed E-state index contributed by atoms with van der Waals surface area (Å²) in [5, 5.41) is 10.9. The zero-order valence-corrected chi connectivity index (χ0v) is 11.5. The molecule has 0 unspecified atom stereocenters. The molecule has 1 atom stereocenters. The Kier molecular flexibility index (Phi) is 4.22. The first-order valence-corrected chi connectivity index (χ1v) is 6.62. The lowest BCUT2D eigenvalue weighted by Crippen LogP contribution is -2.31. The lowest BCUT2D eigenvalue weighted by Gasteiger charge is -2.18. The van der Waals surface area contributed by atoms with Crippen LogP contribution in [0.3, 0.4) is 0 Å². The molecule has 1 saturated carbocycles. The molecule has 1 aliphatic rings. The molecule has 108 valence electrons. The second kappa shape index (κ2) is 5.90. The highest BCUT2D eigenvalue weighted by molar-refractivity contribution is 5.76. The van der Waals surface area contributed by atoms with E-state index < -0.39 is 17.0 Å². The number of carbonyl (C=O) groups excluding carboxylic acids is 1. The molecule has 1 fully saturated rings. The maximum atomic E-state index is 11.9. The number of nitrogens with zero attached hydrogens (tertiary/aromatic N) is 1. The summed E-state index contributed by atoms with van der Waals surface area (Å²) in [6, 6.07) is 4.60. The molecule has 0 aromatic heterocycles. The fraction of sp³-hybridized carbons (Fsp3) is 0.500. The molecule has 2 rings (SSSR count). The maximum Gasteiger partial charge on any atom is 0.347 e. The van der Waals surface area contributed by atoms with Crippen LogP contribution < -0.4 is 4.74 Å². The second-order valence-corrected chi connectivity index (χ2v) is 4.79. The summed E-state index contributed by atoms with van der Waals surface area (Å²) in [5.41, 5.74) is 0.411. The van der Waals surface area contributed by atoms with Crippen molar-refractivity contribution in [2.45, 2.75) is 32.8 Å². The zero-order chi connectivity index (χ0) is 14.7. The number of rotatable bonds is 6. The predicted octanol–water partition coefficient (Wildman–Crippen LogP) is 2.62. The van der Waals surface area contributed by atoms with E-state index in [9.17, 15) is 14.9 Å². The summed E-state index contributed by atoms with van der Waals surface area (Å²) in [6.45, 7) is 3.64. The lowest BCUT2D eigenvalue weighted by molar-refractivity contribution is -0.385. The van der Waals surface area contributed by atoms with Gasteiger partial charge < -0.3 is 9.47 Å². The minimum atomic E-state index is -0.671. The standard InChI is InChI=1S/C14H17NO5/c1-3-19-14(16)13(10-7-8-10)20-12-6-4-5-11(9(12)2)15(17)18/h4-6,10,13H,3,7-8H2,1-2H3/t13-/m1/s1. The van der Waals surface area contributed by atoms with Crippen LogP contribution in [0.25, 0.3) is 0 Å². The molecule has 6 nitrogen and oxygen atoms in total. The third-order valence-corrected chi connectivity index (χ3v) is 3.28. The van der Waals surface area contributed by atoms with Crippen molar-refractivity contribution in [3.05, 3.63) is 33.9 Å². The Bertz CT molecular complexity index is 524. The summed E-state index contributed by atoms with van der Waals surface area (Å²) < 4.78 is 10.7. The summed E-state index contributed by atoms with van der Waals surface area (Å²) in [5.74, 6) is 0.109. The average molecular weight is 279 g/mol. The molecular formula is C14H17NO5. The Morgan fingerprint density at radius 3 is 2.75 bits per heavy atom. The van der Waals surface area contributed by atoms with Gasteiger partial charge in [-0.1, -0.05) is 6.07 Å². The average Bonchev–Trinajstić information content (AvgIpc) is 3.21. The predicted molar refractivity (Wildman–Crippen MR) is 71.6 cm³/mol. The van der Waals surface area contributed by atoms with Gasteiger partial charge in [-0.2, -0.15) is 0 Å². The quantitative estimate of drug-likeness (QED) is 0.454. The number of esters is 1. The Labute approximate surface area is 116 Å². The summed E-state index contributed by atoms with van der Waals surface area (Å²) >= 11 is 0. The van der Waals surface area contributed by atoms with E-state index in [0.29, 0.717) is 17.9 Å². The fourth-order valence-electron chi connectivity index (χ4n) is 2.03. The molecule has 6 heteroatoms. The van der Waals surface area contributed by atoms with Gasteiger partial charge in [0.15, 0.2) is 6.10 Å². The van der Waals surface area contributed by atoms with Gasteiger partial charge in [-0.05, 0) is 32.8 Å². The van der Waals surface area contributed by atoms with Gasteiger partial charge in [-0.15, -0.1) is 0 Å². The smallest absolute Gasteiger partial charge is 0.347 e. The van der Waals surface area contributed by atoms with Gasteiger partial charge in [-0.3, -0.25) is 10.1 Å². The molecule has 20 heavy (non-hydrogen) atoms. The molecular weight excluding hydrogens is 262 g/mol. The Morgan fingerprint density at radius 1 is 1.50 bits per heavy atom. The van der Waals surface area contributed by atoms with Crippen molar-refractivity contribution in [3.63, 3.8) is 0 Å². The molecule has 0 radical (unpaired) electrons. The van der Waals surface area contributed by atoms with E-state index in [4.69, 9.17) is 9.47 Å². The molecule has 0 aliphatic heterocycles. The van der Waals surface area contributed by atoms with E-state index >= 15 is 0 Å². The highest BCUT2D eigenvalue weighted by Gasteiger charge is 2.39. The molecule has 0 bridgehead atoms. The monoisotopic (exact) mass is 279 g/mol. The van der Waals surface area contributed by atoms with Gasteiger partial charge in [0.25, 0.3) is 5.69 Å². The zero-order valence-electron chi connectivity index (χ0n) is 11.5. The van der Waals surface area contributed by atoms with Gasteiger partial charge in [0.1, 0.15) is 5.75 Å². The van der Waals surface area contributed by atoms with Crippen molar-refractivity contribution in [3.8, 4) is 5.75 Å². The van der Waals surface area contributed by atoms with Gasteiger partial charge >= 0.3 is 5.97 Å². The second-order valence-electron chi connectivity index (χ2n) is 4.79. The fourth-order valence-corrected chi connectivity index (χ4v) is 2.03. The molecule has 1 aromatic rings. The van der Waals surface area contributed by atoms with Crippen LogP contribution in [0.2, 0.25) is 0 Å². The third kappa shape index (κ3) is 3.07. The van der Waals surface area contributed by atoms with Crippen LogP contribution in [-0.4, -0.2) is 23.6 Å². The van der Waals surface area contributed by atoms with Gasteiger partial charge in [-0.25, -0.2) is 4.79 Å². The maximum absolute atomic E-state index is 11.9. The molecule has 1 aromatic carbocycles. The number of carbonyl (C=O) groups is 1. The van der Waals surface area contributed by atoms with E-state index in [0.717, 1.165) is 12.8 Å². The van der Waals surface area contributed by atoms with Crippen molar-refractivity contribution < 1.29 is 19.2 Å². The molecule has 0 heterocycles. The summed E-state index contributed by atoms with van der Waals surface area (Å²) in [4.78, 5) is 22.3. The minimum absolute atomic E-state index is 0.0131. The van der Waals surface area contributed by atoms with Crippen molar-refractivity contribution >= 4 is 11.7 Å². The normalized spacial score (nSPS) is 15.5. The van der Waals surface area contributed by atoms with Crippen LogP contribution >= 0.6 is 0 Å². The first-order valence-electron chi connectivity index (χ1n) is 6.62. The van der Waals surface area contributed by atoms with Gasteiger partial charge in [0.2, 0.25) is 0 Å². The number of hydrogen-bond acceptors (Lipinski definition) is 5. The largest absolute Gasteiger partial charge is 0.478 e. The van der Waals surface area contributed by atoms with Crippen LogP contribution in [0.1, 0.15) is 25.3 Å². The van der Waals surface area contributed by atoms with Crippen molar-refractivity contribution in [1.82, 2.24) is 0 Å². The van der Waals surface area contributed by atoms with Crippen molar-refractivity contribution in [1.29, 1.82) is 0 Å². The number of hydrogen-bond donors (Lipinski definition) is 0. The first-order chi connectivity index (χ1) is 9.54. The molecule has 0 saturated heterocycles. The number of nitro benzene ring substituents is 1. The lowest BCUT2D eigenvalue weighted by atomic mass is 10.1. The van der Waals surface area contributed by atoms with E-state index in [1.165, 1.54) is 6.07 Å². The van der Waals surface area contributed by atoms with E-state index in [1.807, 2.05) is 0 Å². The number of benzene rings is 1. The minimum Gasteiger partial charge on any atom is -0.478 e. The van der Waals surface area contributed by atoms with Crippen LogP contribution in [0.15, 0.2) is 18.2 Å². The Balaban J connectivity index is 2.20. The van der Waals surface area contributed by atoms with Gasteiger partial charge in [0, 0.05) is 12.0 Å². The van der Waals surface area contributed by atoms with E-state index in [2.05, 4.69) is 0 Å². The SMILES string of the molecule is CCOC(=O)[C@H](Oc1cccc([N+](=O)[O-])c1C)C1CC1. The molecule has 1 aliphatic carbocycles. The number of ether oxygens (including phenoxy) is 2. The van der Waals surface area contributed by atoms with Crippen LogP contribution in [0.4, 0.5) is 5.69 Å². The van der Waals surface area contributed by atoms with E-state index in [-0.39, 0.29) is 11.6 Å². The van der Waals surface area contributed by atoms with Crippen LogP contribution in [-0.2, 0) is 9.53 Å². The first kappa shape index (κ1) is 14.3. The molecule has 0 amide bonds. The molecule has 0 spiro atoms. The Morgan fingerprint density at radius 2 is 2.20 bits per heavy atom. The summed E-state index contributed by atoms with van der Waals surface area (Å²) in [7, 11) is 0. The molecule has 0 N–H and O–H groups in total. The van der Waals surface area contributed by atoms with Crippen molar-refractivity contribution in [2.24, 2.45) is 5.92 Å². The number of nitro groups is 1. The highest BCUT2D eigenvalue weighted by Crippen LogP contribution is 2.37.